The Labute approximate surface area is 98.7 Å². The summed E-state index contributed by atoms with van der Waals surface area (Å²) in [5, 5.41) is 17.3. The van der Waals surface area contributed by atoms with Crippen LogP contribution in [-0.2, 0) is 10.2 Å². The fourth-order valence-corrected chi connectivity index (χ4v) is 2.13. The van der Waals surface area contributed by atoms with Crippen LogP contribution in [0.25, 0.3) is 6.08 Å². The minimum Gasteiger partial charge on any atom is -0.477 e. The molecule has 16 heavy (non-hydrogen) atoms. The van der Waals surface area contributed by atoms with Crippen LogP contribution in [-0.4, -0.2) is 11.1 Å². The average molecular weight is 235 g/mol. The fraction of sp³-hybridized carbons (Fsp3) is 0.333. The van der Waals surface area contributed by atoms with Crippen LogP contribution in [0.1, 0.15) is 30.5 Å². The number of thiophene rings is 1. The van der Waals surface area contributed by atoms with Crippen molar-refractivity contribution in [2.24, 2.45) is 0 Å². The number of carboxylic acids is 1. The van der Waals surface area contributed by atoms with E-state index in [1.165, 1.54) is 22.3 Å². The molecule has 0 radical (unpaired) electrons. The first-order valence-corrected chi connectivity index (χ1v) is 5.61. The van der Waals surface area contributed by atoms with E-state index in [0.717, 1.165) is 4.88 Å². The van der Waals surface area contributed by atoms with Gasteiger partial charge < -0.3 is 5.11 Å². The topological polar surface area (TPSA) is 61.1 Å². The SMILES string of the molecule is CC(C)(C)c1ccc(/C=C(\C#N)C(=O)O)s1. The molecule has 0 aliphatic carbocycles. The van der Waals surface area contributed by atoms with Crippen LogP contribution in [0.15, 0.2) is 17.7 Å². The van der Waals surface area contributed by atoms with E-state index in [2.05, 4.69) is 20.8 Å². The second-order valence-electron chi connectivity index (χ2n) is 4.43. The largest absolute Gasteiger partial charge is 0.477 e. The van der Waals surface area contributed by atoms with Crippen LogP contribution < -0.4 is 0 Å². The van der Waals surface area contributed by atoms with Crippen LogP contribution >= 0.6 is 11.3 Å². The molecule has 1 aromatic heterocycles. The molecule has 0 aromatic carbocycles. The van der Waals surface area contributed by atoms with Gasteiger partial charge in [-0.1, -0.05) is 20.8 Å². The summed E-state index contributed by atoms with van der Waals surface area (Å²) in [5.74, 6) is -1.19. The number of nitrogens with zero attached hydrogens (tertiary/aromatic N) is 1. The molecule has 1 rings (SSSR count). The first-order valence-electron chi connectivity index (χ1n) is 4.80. The number of hydrogen-bond donors (Lipinski definition) is 1. The summed E-state index contributed by atoms with van der Waals surface area (Å²) >= 11 is 1.51. The highest BCUT2D eigenvalue weighted by Crippen LogP contribution is 2.30. The summed E-state index contributed by atoms with van der Waals surface area (Å²) in [4.78, 5) is 12.6. The molecule has 0 atom stereocenters. The van der Waals surface area contributed by atoms with Gasteiger partial charge in [0, 0.05) is 9.75 Å². The van der Waals surface area contributed by atoms with Crippen LogP contribution in [0.2, 0.25) is 0 Å². The predicted octanol–water partition coefficient (Wildman–Crippen LogP) is 3.04. The van der Waals surface area contributed by atoms with E-state index >= 15 is 0 Å². The molecular formula is C12H13NO2S. The van der Waals surface area contributed by atoms with Crippen molar-refractivity contribution >= 4 is 23.4 Å². The van der Waals surface area contributed by atoms with Gasteiger partial charge in [0.25, 0.3) is 0 Å². The molecule has 0 bridgehead atoms. The molecule has 0 spiro atoms. The number of carboxylic acid groups (broad SMARTS) is 1. The normalized spacial score (nSPS) is 12.2. The Balaban J connectivity index is 3.05. The highest BCUT2D eigenvalue weighted by molar-refractivity contribution is 7.13. The second-order valence-corrected chi connectivity index (χ2v) is 5.54. The number of hydrogen-bond acceptors (Lipinski definition) is 3. The van der Waals surface area contributed by atoms with Crippen molar-refractivity contribution in [3.8, 4) is 6.07 Å². The summed E-state index contributed by atoms with van der Waals surface area (Å²) in [6.07, 6.45) is 1.40. The molecular weight excluding hydrogens is 222 g/mol. The lowest BCUT2D eigenvalue weighted by Gasteiger charge is -2.15. The smallest absolute Gasteiger partial charge is 0.346 e. The van der Waals surface area contributed by atoms with Gasteiger partial charge in [0.05, 0.1) is 0 Å². The van der Waals surface area contributed by atoms with Crippen molar-refractivity contribution in [2.45, 2.75) is 26.2 Å². The lowest BCUT2D eigenvalue weighted by molar-refractivity contribution is -0.132. The third-order valence-electron chi connectivity index (χ3n) is 2.00. The summed E-state index contributed by atoms with van der Waals surface area (Å²) in [7, 11) is 0. The lowest BCUT2D eigenvalue weighted by atomic mass is 9.95. The zero-order valence-corrected chi connectivity index (χ0v) is 10.3. The molecule has 4 heteroatoms. The molecule has 3 nitrogen and oxygen atoms in total. The van der Waals surface area contributed by atoms with Gasteiger partial charge in [0.15, 0.2) is 0 Å². The van der Waals surface area contributed by atoms with Gasteiger partial charge in [-0.25, -0.2) is 4.79 Å². The lowest BCUT2D eigenvalue weighted by Crippen LogP contribution is -2.07. The van der Waals surface area contributed by atoms with Gasteiger partial charge in [-0.3, -0.25) is 0 Å². The van der Waals surface area contributed by atoms with Gasteiger partial charge in [-0.05, 0) is 23.6 Å². The van der Waals surface area contributed by atoms with Crippen molar-refractivity contribution in [1.82, 2.24) is 0 Å². The van der Waals surface area contributed by atoms with Crippen molar-refractivity contribution < 1.29 is 9.90 Å². The maximum atomic E-state index is 10.7. The first-order chi connectivity index (χ1) is 7.34. The van der Waals surface area contributed by atoms with Gasteiger partial charge in [-0.15, -0.1) is 11.3 Å². The minimum absolute atomic E-state index is 0.0484. The summed E-state index contributed by atoms with van der Waals surface area (Å²) in [5.41, 5.74) is -0.186. The van der Waals surface area contributed by atoms with Crippen LogP contribution in [0.3, 0.4) is 0 Å². The van der Waals surface area contributed by atoms with E-state index in [1.807, 2.05) is 12.1 Å². The molecule has 0 fully saturated rings. The van der Waals surface area contributed by atoms with Crippen LogP contribution in [0.4, 0.5) is 0 Å². The van der Waals surface area contributed by atoms with Gasteiger partial charge in [-0.2, -0.15) is 5.26 Å². The number of aliphatic carboxylic acids is 1. The monoisotopic (exact) mass is 235 g/mol. The van der Waals surface area contributed by atoms with Gasteiger partial charge in [0.2, 0.25) is 0 Å². The zero-order valence-electron chi connectivity index (χ0n) is 9.44. The Morgan fingerprint density at radius 3 is 2.50 bits per heavy atom. The summed E-state index contributed by atoms with van der Waals surface area (Å²) in [6, 6.07) is 5.47. The molecule has 1 aromatic rings. The molecule has 0 amide bonds. The summed E-state index contributed by atoms with van der Waals surface area (Å²) < 4.78 is 0. The van der Waals surface area contributed by atoms with E-state index < -0.39 is 5.97 Å². The Bertz CT molecular complexity index is 472. The number of carbonyl (C=O) groups is 1. The Morgan fingerprint density at radius 2 is 2.12 bits per heavy atom. The van der Waals surface area contributed by atoms with E-state index in [9.17, 15) is 4.79 Å². The van der Waals surface area contributed by atoms with Crippen LogP contribution in [0, 0.1) is 11.3 Å². The van der Waals surface area contributed by atoms with E-state index in [0.29, 0.717) is 0 Å². The molecule has 0 aliphatic rings. The molecule has 0 saturated carbocycles. The Morgan fingerprint density at radius 1 is 1.50 bits per heavy atom. The zero-order chi connectivity index (χ0) is 12.3. The Kier molecular flexibility index (Phi) is 3.51. The average Bonchev–Trinajstić information content (AvgIpc) is 2.61. The highest BCUT2D eigenvalue weighted by atomic mass is 32.1. The second kappa shape index (κ2) is 4.50. The standard InChI is InChI=1S/C12H13NO2S/c1-12(2,3)10-5-4-9(16-10)6-8(7-13)11(14)15/h4-6H,1-3H3,(H,14,15)/b8-6+. The molecule has 0 aliphatic heterocycles. The van der Waals surface area contributed by atoms with Crippen LogP contribution in [0.5, 0.6) is 0 Å². The Hall–Kier alpha value is -1.60. The van der Waals surface area contributed by atoms with Gasteiger partial charge >= 0.3 is 5.97 Å². The third-order valence-corrected chi connectivity index (χ3v) is 3.46. The van der Waals surface area contributed by atoms with Crippen molar-refractivity contribution in [3.05, 3.63) is 27.5 Å². The highest BCUT2D eigenvalue weighted by Gasteiger charge is 2.16. The summed E-state index contributed by atoms with van der Waals surface area (Å²) in [6.45, 7) is 6.28. The maximum absolute atomic E-state index is 10.7. The minimum atomic E-state index is -1.19. The first kappa shape index (κ1) is 12.5. The molecule has 1 N–H and O–H groups in total. The van der Waals surface area contributed by atoms with Crippen molar-refractivity contribution in [1.29, 1.82) is 5.26 Å². The van der Waals surface area contributed by atoms with Crippen molar-refractivity contribution in [2.75, 3.05) is 0 Å². The molecule has 0 saturated heterocycles. The molecule has 0 unspecified atom stereocenters. The number of nitriles is 1. The maximum Gasteiger partial charge on any atom is 0.346 e. The fourth-order valence-electron chi connectivity index (χ4n) is 1.12. The molecule has 84 valence electrons. The van der Waals surface area contributed by atoms with Crippen molar-refractivity contribution in [3.63, 3.8) is 0 Å². The van der Waals surface area contributed by atoms with E-state index in [1.54, 1.807) is 6.07 Å². The predicted molar refractivity (Wildman–Crippen MR) is 64.2 cm³/mol. The number of rotatable bonds is 2. The molecule has 1 heterocycles. The van der Waals surface area contributed by atoms with E-state index in [-0.39, 0.29) is 11.0 Å². The van der Waals surface area contributed by atoms with E-state index in [4.69, 9.17) is 10.4 Å². The third kappa shape index (κ3) is 2.94. The quantitative estimate of drug-likeness (QED) is 0.633. The van der Waals surface area contributed by atoms with Gasteiger partial charge in [0.1, 0.15) is 11.6 Å².